The highest BCUT2D eigenvalue weighted by Gasteiger charge is 2.41. The van der Waals surface area contributed by atoms with Crippen LogP contribution in [0.1, 0.15) is 5.56 Å². The van der Waals surface area contributed by atoms with Crippen LogP contribution in [0.3, 0.4) is 0 Å². The van der Waals surface area contributed by atoms with E-state index in [4.69, 9.17) is 15.0 Å². The van der Waals surface area contributed by atoms with E-state index in [0.29, 0.717) is 17.5 Å². The highest BCUT2D eigenvalue weighted by Crippen LogP contribution is 2.39. The zero-order chi connectivity index (χ0) is 46.2. The van der Waals surface area contributed by atoms with Crippen LogP contribution in [-0.2, 0) is 0 Å². The molecular formula is C64H46N4Si. The number of hydrogen-bond donors (Lipinski definition) is 0. The van der Waals surface area contributed by atoms with Crippen molar-refractivity contribution in [2.24, 2.45) is 0 Å². The van der Waals surface area contributed by atoms with Crippen LogP contribution in [0.15, 0.2) is 261 Å². The fourth-order valence-electron chi connectivity index (χ4n) is 10.2. The molecule has 0 saturated carbocycles. The van der Waals surface area contributed by atoms with Crippen molar-refractivity contribution in [1.82, 2.24) is 19.5 Å². The van der Waals surface area contributed by atoms with E-state index in [0.717, 1.165) is 44.5 Å². The molecule has 69 heavy (non-hydrogen) atoms. The monoisotopic (exact) mass is 898 g/mol. The normalized spacial score (nSPS) is 11.6. The third kappa shape index (κ3) is 7.56. The van der Waals surface area contributed by atoms with Crippen molar-refractivity contribution in [2.75, 3.05) is 0 Å². The summed E-state index contributed by atoms with van der Waals surface area (Å²) < 4.78 is 2.39. The number of benzene rings is 10. The average Bonchev–Trinajstić information content (AvgIpc) is 3.76. The van der Waals surface area contributed by atoms with E-state index in [9.17, 15) is 0 Å². The first kappa shape index (κ1) is 41.6. The quantitative estimate of drug-likeness (QED) is 0.101. The lowest BCUT2D eigenvalue weighted by atomic mass is 10.0. The van der Waals surface area contributed by atoms with E-state index >= 15 is 0 Å². The molecule has 0 aliphatic heterocycles. The SMILES string of the molecule is Cc1ccc(-c2ccc3c(c2)c2ccccc2n3-c2ccc(-c3cccc([Si](c4ccccc4)(c4ccccc4)c4ccccc4)c3)cc2-c2nc(-c3ccccc3)nc(-c3ccccc3)n2)cc1. The lowest BCUT2D eigenvalue weighted by Crippen LogP contribution is -2.74. The molecule has 0 atom stereocenters. The van der Waals surface area contributed by atoms with Gasteiger partial charge in [-0.3, -0.25) is 0 Å². The molecule has 0 N–H and O–H groups in total. The fourth-order valence-corrected chi connectivity index (χ4v) is 15.0. The van der Waals surface area contributed by atoms with Gasteiger partial charge in [-0.05, 0) is 80.3 Å². The molecule has 12 rings (SSSR count). The number of rotatable bonds is 10. The first-order chi connectivity index (χ1) is 34.1. The number of aryl methyl sites for hydroxylation is 1. The molecule has 0 unspecified atom stereocenters. The molecule has 4 nitrogen and oxygen atoms in total. The van der Waals surface area contributed by atoms with Crippen molar-refractivity contribution in [3.63, 3.8) is 0 Å². The van der Waals surface area contributed by atoms with E-state index in [1.54, 1.807) is 0 Å². The number of nitrogens with zero attached hydrogens (tertiary/aromatic N) is 4. The predicted molar refractivity (Wildman–Crippen MR) is 290 cm³/mol. The van der Waals surface area contributed by atoms with Crippen molar-refractivity contribution >= 4 is 50.6 Å². The van der Waals surface area contributed by atoms with Crippen LogP contribution in [-0.4, -0.2) is 27.6 Å². The first-order valence-corrected chi connectivity index (χ1v) is 25.5. The topological polar surface area (TPSA) is 43.6 Å². The summed E-state index contributed by atoms with van der Waals surface area (Å²) in [7, 11) is -2.82. The molecule has 326 valence electrons. The fraction of sp³-hybridized carbons (Fsp3) is 0.0156. The lowest BCUT2D eigenvalue weighted by Gasteiger charge is -2.34. The van der Waals surface area contributed by atoms with Crippen LogP contribution >= 0.6 is 0 Å². The van der Waals surface area contributed by atoms with Gasteiger partial charge in [0.25, 0.3) is 0 Å². The second-order valence-electron chi connectivity index (χ2n) is 17.6. The summed E-state index contributed by atoms with van der Waals surface area (Å²) in [6.45, 7) is 2.13. The smallest absolute Gasteiger partial charge is 0.179 e. The van der Waals surface area contributed by atoms with Gasteiger partial charge in [-0.2, -0.15) is 0 Å². The van der Waals surface area contributed by atoms with Gasteiger partial charge in [-0.25, -0.2) is 15.0 Å². The molecule has 0 radical (unpaired) electrons. The third-order valence-electron chi connectivity index (χ3n) is 13.5. The summed E-state index contributed by atoms with van der Waals surface area (Å²) in [5, 5.41) is 7.66. The Morgan fingerprint density at radius 1 is 0.304 bits per heavy atom. The summed E-state index contributed by atoms with van der Waals surface area (Å²) >= 11 is 0. The molecule has 2 heterocycles. The van der Waals surface area contributed by atoms with Crippen molar-refractivity contribution in [3.8, 4) is 62.1 Å². The number of hydrogen-bond acceptors (Lipinski definition) is 3. The van der Waals surface area contributed by atoms with Crippen molar-refractivity contribution in [3.05, 3.63) is 266 Å². The van der Waals surface area contributed by atoms with Crippen molar-refractivity contribution in [1.29, 1.82) is 0 Å². The largest absolute Gasteiger partial charge is 0.309 e. The van der Waals surface area contributed by atoms with Crippen LogP contribution in [0.4, 0.5) is 0 Å². The summed E-state index contributed by atoms with van der Waals surface area (Å²) in [6.07, 6.45) is 0. The Hall–Kier alpha value is -8.77. The number of aromatic nitrogens is 4. The van der Waals surface area contributed by atoms with Gasteiger partial charge in [0, 0.05) is 27.5 Å². The van der Waals surface area contributed by atoms with E-state index in [1.165, 1.54) is 48.2 Å². The Kier molecular flexibility index (Phi) is 10.7. The molecule has 0 spiro atoms. The van der Waals surface area contributed by atoms with Gasteiger partial charge in [0.1, 0.15) is 0 Å². The Labute approximate surface area is 403 Å². The van der Waals surface area contributed by atoms with Crippen molar-refractivity contribution in [2.45, 2.75) is 6.92 Å². The van der Waals surface area contributed by atoms with Crippen LogP contribution in [0, 0.1) is 6.92 Å². The van der Waals surface area contributed by atoms with Gasteiger partial charge in [-0.15, -0.1) is 0 Å². The van der Waals surface area contributed by atoms with Gasteiger partial charge in [0.15, 0.2) is 25.5 Å². The van der Waals surface area contributed by atoms with Gasteiger partial charge in [0.2, 0.25) is 0 Å². The second-order valence-corrected chi connectivity index (χ2v) is 21.5. The summed E-state index contributed by atoms with van der Waals surface area (Å²) in [5.41, 5.74) is 11.7. The Balaban J connectivity index is 1.12. The minimum Gasteiger partial charge on any atom is -0.309 e. The molecule has 10 aromatic carbocycles. The van der Waals surface area contributed by atoms with Crippen molar-refractivity contribution < 1.29 is 0 Å². The Morgan fingerprint density at radius 2 is 0.739 bits per heavy atom. The highest BCUT2D eigenvalue weighted by molar-refractivity contribution is 7.19. The predicted octanol–water partition coefficient (Wildman–Crippen LogP) is 13.0. The van der Waals surface area contributed by atoms with Gasteiger partial charge < -0.3 is 4.57 Å². The Morgan fingerprint density at radius 3 is 1.33 bits per heavy atom. The third-order valence-corrected chi connectivity index (χ3v) is 18.3. The van der Waals surface area contributed by atoms with Crippen LogP contribution in [0.25, 0.3) is 83.9 Å². The summed E-state index contributed by atoms with van der Waals surface area (Å²) in [5.74, 6) is 1.83. The van der Waals surface area contributed by atoms with Crippen LogP contribution in [0.2, 0.25) is 0 Å². The van der Waals surface area contributed by atoms with E-state index in [-0.39, 0.29) is 0 Å². The maximum Gasteiger partial charge on any atom is 0.179 e. The molecule has 0 saturated heterocycles. The maximum absolute atomic E-state index is 5.37. The van der Waals surface area contributed by atoms with Gasteiger partial charge in [0.05, 0.1) is 16.7 Å². The van der Waals surface area contributed by atoms with E-state index in [1.807, 2.05) is 36.4 Å². The molecule has 2 aromatic heterocycles. The summed E-state index contributed by atoms with van der Waals surface area (Å²) in [6, 6.07) is 94.2. The molecule has 0 amide bonds. The van der Waals surface area contributed by atoms with Crippen LogP contribution < -0.4 is 20.7 Å². The number of fused-ring (bicyclic) bond motifs is 3. The first-order valence-electron chi connectivity index (χ1n) is 23.5. The van der Waals surface area contributed by atoms with Gasteiger partial charge in [-0.1, -0.05) is 236 Å². The second kappa shape index (κ2) is 17.8. The number of para-hydroxylation sites is 1. The molecule has 0 bridgehead atoms. The molecule has 12 aromatic rings. The maximum atomic E-state index is 5.37. The standard InChI is InChI=1S/C64H46N4Si/c1-45-34-36-46(37-35-45)50-38-40-60-57(43-50)56-32-17-18-33-59(56)68(60)61-41-39-51(44-58(61)64-66-62(47-20-7-2-8-21-47)65-63(67-64)48-22-9-3-10-23-48)49-24-19-31-55(42-49)69(52-25-11-4-12-26-52,53-27-13-5-14-28-53)54-29-15-6-16-30-54/h2-44H,1H3. The van der Waals surface area contributed by atoms with E-state index in [2.05, 4.69) is 236 Å². The minimum absolute atomic E-state index is 0.597. The van der Waals surface area contributed by atoms with Gasteiger partial charge >= 0.3 is 0 Å². The molecule has 0 fully saturated rings. The summed E-state index contributed by atoms with van der Waals surface area (Å²) in [4.78, 5) is 15.9. The highest BCUT2D eigenvalue weighted by atomic mass is 28.3. The zero-order valence-electron chi connectivity index (χ0n) is 38.1. The molecule has 0 aliphatic rings. The molecule has 0 aliphatic carbocycles. The lowest BCUT2D eigenvalue weighted by molar-refractivity contribution is 1.06. The minimum atomic E-state index is -2.82. The Bertz CT molecular complexity index is 3610. The molecular weight excluding hydrogens is 853 g/mol. The molecule has 5 heteroatoms. The van der Waals surface area contributed by atoms with Crippen LogP contribution in [0.5, 0.6) is 0 Å². The average molecular weight is 899 g/mol. The van der Waals surface area contributed by atoms with E-state index < -0.39 is 8.07 Å². The zero-order valence-corrected chi connectivity index (χ0v) is 39.1.